The van der Waals surface area contributed by atoms with Gasteiger partial charge in [-0.25, -0.2) is 10.1 Å². The fourth-order valence-electron chi connectivity index (χ4n) is 2.24. The topological polar surface area (TPSA) is 59.3 Å². The highest BCUT2D eigenvalue weighted by Gasteiger charge is 2.31. The molecule has 1 aliphatic carbocycles. The number of hydrogen-bond acceptors (Lipinski definition) is 3. The van der Waals surface area contributed by atoms with E-state index in [9.17, 15) is 18.0 Å². The Hall–Kier alpha value is -2.35. The van der Waals surface area contributed by atoms with Crippen molar-refractivity contribution in [3.8, 4) is 5.69 Å². The average Bonchev–Trinajstić information content (AvgIpc) is 3.36. The van der Waals surface area contributed by atoms with Gasteiger partial charge in [-0.05, 0) is 38.0 Å². The number of hydrogen-bond donors (Lipinski definition) is 1. The first-order chi connectivity index (χ1) is 11.8. The van der Waals surface area contributed by atoms with E-state index < -0.39 is 11.7 Å². The van der Waals surface area contributed by atoms with Gasteiger partial charge in [0.15, 0.2) is 0 Å². The second-order valence-corrected chi connectivity index (χ2v) is 6.12. The largest absolute Gasteiger partial charge is 0.416 e. The van der Waals surface area contributed by atoms with E-state index in [0.29, 0.717) is 11.3 Å². The van der Waals surface area contributed by atoms with Gasteiger partial charge in [0, 0.05) is 5.92 Å². The summed E-state index contributed by atoms with van der Waals surface area (Å²) in [5, 5.41) is 8.12. The van der Waals surface area contributed by atoms with Gasteiger partial charge in [0.05, 0.1) is 28.7 Å². The van der Waals surface area contributed by atoms with Crippen molar-refractivity contribution < 1.29 is 18.0 Å². The molecule has 0 bridgehead atoms. The molecule has 9 heteroatoms. The second-order valence-electron chi connectivity index (χ2n) is 5.76. The summed E-state index contributed by atoms with van der Waals surface area (Å²) in [6.45, 7) is 1.65. The molecule has 1 aromatic carbocycles. The van der Waals surface area contributed by atoms with Gasteiger partial charge in [-0.3, -0.25) is 4.79 Å². The van der Waals surface area contributed by atoms with Crippen LogP contribution in [0.1, 0.15) is 29.7 Å². The monoisotopic (exact) mass is 370 g/mol. The summed E-state index contributed by atoms with van der Waals surface area (Å²) >= 11 is 6.24. The molecule has 1 heterocycles. The van der Waals surface area contributed by atoms with Crippen molar-refractivity contribution in [1.82, 2.24) is 15.2 Å². The molecule has 25 heavy (non-hydrogen) atoms. The lowest BCUT2D eigenvalue weighted by Crippen LogP contribution is -2.19. The fraction of sp³-hybridized carbons (Fsp3) is 0.312. The summed E-state index contributed by atoms with van der Waals surface area (Å²) in [6, 6.07) is 4.70. The van der Waals surface area contributed by atoms with Gasteiger partial charge >= 0.3 is 6.18 Å². The van der Waals surface area contributed by atoms with Crippen molar-refractivity contribution >= 4 is 23.7 Å². The molecular formula is C16H14ClF3N4O. The highest BCUT2D eigenvalue weighted by molar-refractivity contribution is 6.32. The normalized spacial score (nSPS) is 14.9. The summed E-state index contributed by atoms with van der Waals surface area (Å²) in [6.07, 6.45) is -1.40. The highest BCUT2D eigenvalue weighted by atomic mass is 35.5. The molecule has 0 unspecified atom stereocenters. The molecule has 132 valence electrons. The van der Waals surface area contributed by atoms with E-state index >= 15 is 0 Å². The maximum absolute atomic E-state index is 12.9. The zero-order valence-electron chi connectivity index (χ0n) is 13.1. The molecule has 0 spiro atoms. The van der Waals surface area contributed by atoms with Crippen LogP contribution in [-0.2, 0) is 11.0 Å². The number of nitrogens with zero attached hydrogens (tertiary/aromatic N) is 3. The predicted molar refractivity (Wildman–Crippen MR) is 86.8 cm³/mol. The SMILES string of the molecule is Cc1nn(-c2cccc(C(F)(F)F)c2)c(Cl)c1/C=N/NC(=O)C1CC1. The Bertz CT molecular complexity index is 840. The Morgan fingerprint density at radius 3 is 2.80 bits per heavy atom. The van der Waals surface area contributed by atoms with Crippen molar-refractivity contribution in [3.63, 3.8) is 0 Å². The molecule has 2 aromatic rings. The van der Waals surface area contributed by atoms with E-state index in [0.717, 1.165) is 25.0 Å². The van der Waals surface area contributed by atoms with Crippen molar-refractivity contribution in [2.45, 2.75) is 25.9 Å². The molecule has 1 amide bonds. The Morgan fingerprint density at radius 1 is 1.44 bits per heavy atom. The molecular weight excluding hydrogens is 357 g/mol. The number of carbonyl (C=O) groups is 1. The standard InChI is InChI=1S/C16H14ClF3N4O/c1-9-13(8-21-22-15(25)10-5-6-10)14(17)24(23-9)12-4-2-3-11(7-12)16(18,19)20/h2-4,7-8,10H,5-6H2,1H3,(H,22,25)/b21-8+. The number of amides is 1. The quantitative estimate of drug-likeness (QED) is 0.658. The highest BCUT2D eigenvalue weighted by Crippen LogP contribution is 2.31. The summed E-state index contributed by atoms with van der Waals surface area (Å²) in [4.78, 5) is 11.5. The lowest BCUT2D eigenvalue weighted by molar-refractivity contribution is -0.137. The van der Waals surface area contributed by atoms with Crippen molar-refractivity contribution in [2.75, 3.05) is 0 Å². The second kappa shape index (κ2) is 6.51. The lowest BCUT2D eigenvalue weighted by Gasteiger charge is -2.09. The Balaban J connectivity index is 1.86. The van der Waals surface area contributed by atoms with Crippen molar-refractivity contribution in [2.24, 2.45) is 11.0 Å². The van der Waals surface area contributed by atoms with Crippen LogP contribution in [-0.4, -0.2) is 21.9 Å². The minimum Gasteiger partial charge on any atom is -0.273 e. The number of carbonyl (C=O) groups excluding carboxylic acids is 1. The Labute approximate surface area is 146 Å². The number of aryl methyl sites for hydroxylation is 1. The van der Waals surface area contributed by atoms with E-state index in [-0.39, 0.29) is 22.7 Å². The fourth-order valence-corrected chi connectivity index (χ4v) is 2.56. The smallest absolute Gasteiger partial charge is 0.273 e. The number of rotatable bonds is 4. The molecule has 1 fully saturated rings. The van der Waals surface area contributed by atoms with E-state index in [2.05, 4.69) is 15.6 Å². The molecule has 1 N–H and O–H groups in total. The van der Waals surface area contributed by atoms with Gasteiger partial charge in [0.1, 0.15) is 5.15 Å². The van der Waals surface area contributed by atoms with Crippen LogP contribution in [0.25, 0.3) is 5.69 Å². The third kappa shape index (κ3) is 3.84. The van der Waals surface area contributed by atoms with E-state index in [1.165, 1.54) is 23.0 Å². The molecule has 0 saturated heterocycles. The first-order valence-corrected chi connectivity index (χ1v) is 7.91. The van der Waals surface area contributed by atoms with Crippen molar-refractivity contribution in [1.29, 1.82) is 0 Å². The van der Waals surface area contributed by atoms with Crippen LogP contribution in [0.15, 0.2) is 29.4 Å². The number of aromatic nitrogens is 2. The zero-order valence-corrected chi connectivity index (χ0v) is 13.9. The number of nitrogens with one attached hydrogen (secondary N) is 1. The molecule has 0 radical (unpaired) electrons. The molecule has 1 aromatic heterocycles. The summed E-state index contributed by atoms with van der Waals surface area (Å²) in [5.41, 5.74) is 2.71. The minimum atomic E-state index is -4.46. The summed E-state index contributed by atoms with van der Waals surface area (Å²) in [5.74, 6) is -0.142. The number of benzene rings is 1. The maximum Gasteiger partial charge on any atom is 0.416 e. The van der Waals surface area contributed by atoms with Gasteiger partial charge in [0.25, 0.3) is 0 Å². The third-order valence-electron chi connectivity index (χ3n) is 3.78. The Kier molecular flexibility index (Phi) is 4.55. The molecule has 0 aliphatic heterocycles. The predicted octanol–water partition coefficient (Wildman–Crippen LogP) is 3.71. The van der Waals surface area contributed by atoms with Crippen LogP contribution in [0, 0.1) is 12.8 Å². The van der Waals surface area contributed by atoms with Gasteiger partial charge < -0.3 is 0 Å². The summed E-state index contributed by atoms with van der Waals surface area (Å²) in [7, 11) is 0. The van der Waals surface area contributed by atoms with Crippen LogP contribution in [0.4, 0.5) is 13.2 Å². The molecule has 3 rings (SSSR count). The first-order valence-electron chi connectivity index (χ1n) is 7.53. The summed E-state index contributed by atoms with van der Waals surface area (Å²) < 4.78 is 39.8. The van der Waals surface area contributed by atoms with Crippen LogP contribution in [0.5, 0.6) is 0 Å². The number of alkyl halides is 3. The molecule has 5 nitrogen and oxygen atoms in total. The zero-order chi connectivity index (χ0) is 18.2. The van der Waals surface area contributed by atoms with Gasteiger partial charge in [-0.2, -0.15) is 23.4 Å². The van der Waals surface area contributed by atoms with Gasteiger partial charge in [-0.15, -0.1) is 0 Å². The van der Waals surface area contributed by atoms with E-state index in [4.69, 9.17) is 11.6 Å². The van der Waals surface area contributed by atoms with Crippen LogP contribution >= 0.6 is 11.6 Å². The number of halogens is 4. The minimum absolute atomic E-state index is 0.0153. The van der Waals surface area contributed by atoms with Crippen LogP contribution in [0.3, 0.4) is 0 Å². The molecule has 1 aliphatic rings. The van der Waals surface area contributed by atoms with Crippen LogP contribution in [0.2, 0.25) is 5.15 Å². The van der Waals surface area contributed by atoms with Crippen molar-refractivity contribution in [3.05, 3.63) is 46.2 Å². The molecule has 0 atom stereocenters. The van der Waals surface area contributed by atoms with Gasteiger partial charge in [0.2, 0.25) is 5.91 Å². The van der Waals surface area contributed by atoms with E-state index in [1.54, 1.807) is 6.92 Å². The third-order valence-corrected chi connectivity index (χ3v) is 4.15. The lowest BCUT2D eigenvalue weighted by atomic mass is 10.2. The van der Waals surface area contributed by atoms with E-state index in [1.807, 2.05) is 0 Å². The average molecular weight is 371 g/mol. The molecule has 1 saturated carbocycles. The Morgan fingerprint density at radius 2 is 2.16 bits per heavy atom. The first kappa shape index (κ1) is 17.5. The van der Waals surface area contributed by atoms with Crippen LogP contribution < -0.4 is 5.43 Å². The van der Waals surface area contributed by atoms with Gasteiger partial charge in [-0.1, -0.05) is 17.7 Å². The number of hydrazone groups is 1. The maximum atomic E-state index is 12.9.